The summed E-state index contributed by atoms with van der Waals surface area (Å²) < 4.78 is 19.2. The Morgan fingerprint density at radius 2 is 1.75 bits per heavy atom. The van der Waals surface area contributed by atoms with E-state index in [1.165, 1.54) is 63.9 Å². The summed E-state index contributed by atoms with van der Waals surface area (Å²) in [5.41, 5.74) is 0.329. The molecule has 0 spiro atoms. The summed E-state index contributed by atoms with van der Waals surface area (Å²) in [4.78, 5) is 0. The Morgan fingerprint density at radius 3 is 2.33 bits per heavy atom. The van der Waals surface area contributed by atoms with Crippen molar-refractivity contribution in [2.24, 2.45) is 11.8 Å². The fraction of sp³-hybridized carbons (Fsp3) is 0.667. The van der Waals surface area contributed by atoms with Crippen LogP contribution in [-0.2, 0) is 0 Å². The van der Waals surface area contributed by atoms with Crippen LogP contribution in [0, 0.1) is 29.0 Å². The van der Waals surface area contributed by atoms with Gasteiger partial charge in [-0.05, 0) is 42.9 Å². The smallest absolute Gasteiger partial charge is 0.166 e. The van der Waals surface area contributed by atoms with E-state index in [-0.39, 0.29) is 5.75 Å². The third kappa shape index (κ3) is 6.15. The van der Waals surface area contributed by atoms with Crippen molar-refractivity contribution in [1.29, 1.82) is 5.26 Å². The lowest BCUT2D eigenvalue weighted by Crippen LogP contribution is -2.15. The standard InChI is InChI=1S/C21H30FNO/c1-2-3-4-6-17-8-10-18(11-9-17)7-5-14-24-21-13-12-19(16-23)15-20(21)22/h12-13,15,17-18H,2-11,14H2,1H3/t17-,18-. The summed E-state index contributed by atoms with van der Waals surface area (Å²) in [7, 11) is 0. The summed E-state index contributed by atoms with van der Waals surface area (Å²) in [5, 5.41) is 8.73. The number of unbranched alkanes of at least 4 members (excludes halogenated alkanes) is 2. The van der Waals surface area contributed by atoms with Gasteiger partial charge in [0.15, 0.2) is 11.6 Å². The molecule has 0 amide bonds. The third-order valence-corrected chi connectivity index (χ3v) is 5.26. The van der Waals surface area contributed by atoms with Crippen molar-refractivity contribution in [1.82, 2.24) is 0 Å². The Bertz CT molecular complexity index is 529. The van der Waals surface area contributed by atoms with Crippen molar-refractivity contribution < 1.29 is 9.13 Å². The number of nitriles is 1. The molecule has 132 valence electrons. The number of nitrogens with zero attached hydrogens (tertiary/aromatic N) is 1. The summed E-state index contributed by atoms with van der Waals surface area (Å²) in [5.74, 6) is 1.59. The minimum absolute atomic E-state index is 0.258. The van der Waals surface area contributed by atoms with Crippen molar-refractivity contribution in [2.75, 3.05) is 6.61 Å². The Labute approximate surface area is 146 Å². The molecule has 1 aliphatic rings. The molecular formula is C21H30FNO. The van der Waals surface area contributed by atoms with E-state index in [1.807, 2.05) is 6.07 Å². The lowest BCUT2D eigenvalue weighted by molar-refractivity contribution is 0.225. The second-order valence-electron chi connectivity index (χ2n) is 7.13. The molecule has 0 N–H and O–H groups in total. The number of rotatable bonds is 9. The van der Waals surface area contributed by atoms with Crippen LogP contribution in [0.4, 0.5) is 4.39 Å². The van der Waals surface area contributed by atoms with Crippen LogP contribution in [0.1, 0.15) is 76.7 Å². The van der Waals surface area contributed by atoms with Gasteiger partial charge in [-0.2, -0.15) is 5.26 Å². The molecule has 24 heavy (non-hydrogen) atoms. The van der Waals surface area contributed by atoms with Gasteiger partial charge in [0, 0.05) is 0 Å². The second-order valence-corrected chi connectivity index (χ2v) is 7.13. The van der Waals surface area contributed by atoms with Gasteiger partial charge in [0.1, 0.15) is 0 Å². The number of ether oxygens (including phenoxy) is 1. The van der Waals surface area contributed by atoms with Gasteiger partial charge in [-0.25, -0.2) is 4.39 Å². The van der Waals surface area contributed by atoms with Crippen LogP contribution in [0.2, 0.25) is 0 Å². The van der Waals surface area contributed by atoms with E-state index in [4.69, 9.17) is 10.00 Å². The first-order chi connectivity index (χ1) is 11.7. The Balaban J connectivity index is 1.59. The van der Waals surface area contributed by atoms with E-state index < -0.39 is 5.82 Å². The molecule has 1 aliphatic carbocycles. The van der Waals surface area contributed by atoms with Gasteiger partial charge in [0.25, 0.3) is 0 Å². The first-order valence-electron chi connectivity index (χ1n) is 9.55. The van der Waals surface area contributed by atoms with Crippen LogP contribution in [0.3, 0.4) is 0 Å². The van der Waals surface area contributed by atoms with Gasteiger partial charge in [-0.3, -0.25) is 0 Å². The number of hydrogen-bond donors (Lipinski definition) is 0. The maximum atomic E-state index is 13.7. The predicted molar refractivity (Wildman–Crippen MR) is 95.4 cm³/mol. The van der Waals surface area contributed by atoms with Crippen LogP contribution in [0.15, 0.2) is 18.2 Å². The lowest BCUT2D eigenvalue weighted by atomic mass is 9.78. The minimum atomic E-state index is -0.443. The van der Waals surface area contributed by atoms with E-state index in [0.717, 1.165) is 18.3 Å². The van der Waals surface area contributed by atoms with E-state index in [2.05, 4.69) is 6.92 Å². The molecule has 0 bridgehead atoms. The monoisotopic (exact) mass is 331 g/mol. The highest BCUT2D eigenvalue weighted by atomic mass is 19.1. The van der Waals surface area contributed by atoms with Gasteiger partial charge in [0.2, 0.25) is 0 Å². The van der Waals surface area contributed by atoms with E-state index in [0.29, 0.717) is 12.2 Å². The molecule has 0 atom stereocenters. The average molecular weight is 331 g/mol. The molecule has 0 saturated heterocycles. The highest BCUT2D eigenvalue weighted by molar-refractivity contribution is 5.35. The zero-order chi connectivity index (χ0) is 17.2. The molecule has 0 aromatic heterocycles. The summed E-state index contributed by atoms with van der Waals surface area (Å²) in [6.45, 7) is 2.82. The first-order valence-corrected chi connectivity index (χ1v) is 9.55. The molecule has 2 nitrogen and oxygen atoms in total. The van der Waals surface area contributed by atoms with Crippen molar-refractivity contribution in [3.8, 4) is 11.8 Å². The van der Waals surface area contributed by atoms with E-state index >= 15 is 0 Å². The maximum Gasteiger partial charge on any atom is 0.166 e. The zero-order valence-corrected chi connectivity index (χ0v) is 14.9. The predicted octanol–water partition coefficient (Wildman–Crippen LogP) is 6.24. The molecule has 1 saturated carbocycles. The Morgan fingerprint density at radius 1 is 1.08 bits per heavy atom. The summed E-state index contributed by atoms with van der Waals surface area (Å²) in [6.07, 6.45) is 13.1. The van der Waals surface area contributed by atoms with Crippen LogP contribution in [0.5, 0.6) is 5.75 Å². The van der Waals surface area contributed by atoms with E-state index in [1.54, 1.807) is 12.1 Å². The molecule has 0 radical (unpaired) electrons. The lowest BCUT2D eigenvalue weighted by Gasteiger charge is -2.28. The SMILES string of the molecule is CCCCC[C@H]1CC[C@H](CCCOc2ccc(C#N)cc2F)CC1. The molecular weight excluding hydrogens is 301 g/mol. The molecule has 2 rings (SSSR count). The van der Waals surface area contributed by atoms with Gasteiger partial charge in [0.05, 0.1) is 18.2 Å². The minimum Gasteiger partial charge on any atom is -0.491 e. The topological polar surface area (TPSA) is 33.0 Å². The highest BCUT2D eigenvalue weighted by Gasteiger charge is 2.20. The maximum absolute atomic E-state index is 13.7. The van der Waals surface area contributed by atoms with Crippen LogP contribution < -0.4 is 4.74 Å². The van der Waals surface area contributed by atoms with Gasteiger partial charge in [-0.1, -0.05) is 58.3 Å². The molecule has 0 aliphatic heterocycles. The van der Waals surface area contributed by atoms with Crippen molar-refractivity contribution in [3.05, 3.63) is 29.6 Å². The normalized spacial score (nSPS) is 20.5. The quantitative estimate of drug-likeness (QED) is 0.501. The van der Waals surface area contributed by atoms with Gasteiger partial charge >= 0.3 is 0 Å². The highest BCUT2D eigenvalue weighted by Crippen LogP contribution is 2.34. The van der Waals surface area contributed by atoms with E-state index in [9.17, 15) is 4.39 Å². The molecule has 0 unspecified atom stereocenters. The Hall–Kier alpha value is -1.56. The van der Waals surface area contributed by atoms with Crippen molar-refractivity contribution in [3.63, 3.8) is 0 Å². The number of hydrogen-bond acceptors (Lipinski definition) is 2. The van der Waals surface area contributed by atoms with Crippen molar-refractivity contribution in [2.45, 2.75) is 71.1 Å². The van der Waals surface area contributed by atoms with Gasteiger partial charge in [-0.15, -0.1) is 0 Å². The summed E-state index contributed by atoms with van der Waals surface area (Å²) in [6, 6.07) is 6.31. The Kier molecular flexibility index (Phi) is 8.08. The average Bonchev–Trinajstić information content (AvgIpc) is 2.61. The van der Waals surface area contributed by atoms with Crippen LogP contribution in [0.25, 0.3) is 0 Å². The fourth-order valence-corrected chi connectivity index (χ4v) is 3.73. The molecule has 0 heterocycles. The first kappa shape index (κ1) is 18.8. The summed E-state index contributed by atoms with van der Waals surface area (Å²) >= 11 is 0. The molecule has 1 aromatic carbocycles. The number of halogens is 1. The van der Waals surface area contributed by atoms with Crippen LogP contribution >= 0.6 is 0 Å². The van der Waals surface area contributed by atoms with Gasteiger partial charge < -0.3 is 4.74 Å². The second kappa shape index (κ2) is 10.3. The van der Waals surface area contributed by atoms with Crippen LogP contribution in [-0.4, -0.2) is 6.61 Å². The fourth-order valence-electron chi connectivity index (χ4n) is 3.73. The molecule has 3 heteroatoms. The molecule has 1 aromatic rings. The zero-order valence-electron chi connectivity index (χ0n) is 14.9. The number of benzene rings is 1. The largest absolute Gasteiger partial charge is 0.491 e. The molecule has 1 fully saturated rings. The van der Waals surface area contributed by atoms with Crippen molar-refractivity contribution >= 4 is 0 Å². The third-order valence-electron chi connectivity index (χ3n) is 5.26.